The van der Waals surface area contributed by atoms with E-state index in [-0.39, 0.29) is 24.3 Å². The predicted molar refractivity (Wildman–Crippen MR) is 101 cm³/mol. The molecule has 3 rings (SSSR count). The summed E-state index contributed by atoms with van der Waals surface area (Å²) in [6.45, 7) is 1.15. The molecule has 5 nitrogen and oxygen atoms in total. The van der Waals surface area contributed by atoms with Crippen molar-refractivity contribution in [2.75, 3.05) is 25.0 Å². The fraction of sp³-hybridized carbons (Fsp3) is 0.300. The van der Waals surface area contributed by atoms with E-state index in [1.165, 1.54) is 0 Å². The van der Waals surface area contributed by atoms with Crippen LogP contribution in [0.5, 0.6) is 5.75 Å². The summed E-state index contributed by atoms with van der Waals surface area (Å²) >= 11 is 5.85. The number of carbonyl (C=O) groups excluding carboxylic acids is 2. The Hall–Kier alpha value is -2.53. The predicted octanol–water partition coefficient (Wildman–Crippen LogP) is 3.60. The zero-order valence-corrected chi connectivity index (χ0v) is 15.1. The molecule has 2 aromatic carbocycles. The number of para-hydroxylation sites is 1. The second-order valence-corrected chi connectivity index (χ2v) is 6.69. The van der Waals surface area contributed by atoms with Crippen molar-refractivity contribution in [3.05, 3.63) is 59.6 Å². The van der Waals surface area contributed by atoms with E-state index in [1.807, 2.05) is 30.3 Å². The molecule has 1 aliphatic heterocycles. The molecule has 0 aromatic heterocycles. The Labute approximate surface area is 157 Å². The second kappa shape index (κ2) is 8.72. The lowest BCUT2D eigenvalue weighted by Gasteiger charge is -2.31. The van der Waals surface area contributed by atoms with Gasteiger partial charge in [-0.25, -0.2) is 0 Å². The average Bonchev–Trinajstić information content (AvgIpc) is 2.69. The van der Waals surface area contributed by atoms with Crippen LogP contribution in [0.15, 0.2) is 54.6 Å². The fourth-order valence-electron chi connectivity index (χ4n) is 2.92. The zero-order valence-electron chi connectivity index (χ0n) is 14.4. The molecule has 0 spiro atoms. The van der Waals surface area contributed by atoms with Gasteiger partial charge in [0.15, 0.2) is 6.61 Å². The largest absolute Gasteiger partial charge is 0.484 e. The number of likely N-dealkylation sites (tertiary alicyclic amines) is 1. The first-order valence-corrected chi connectivity index (χ1v) is 9.01. The topological polar surface area (TPSA) is 58.6 Å². The molecule has 136 valence electrons. The molecule has 1 fully saturated rings. The number of benzene rings is 2. The SMILES string of the molecule is O=C(Nc1ccc(Cl)cc1)C1CCN(C(=O)COc2ccccc2)CC1. The van der Waals surface area contributed by atoms with Gasteiger partial charge in [0, 0.05) is 29.7 Å². The van der Waals surface area contributed by atoms with Crippen molar-refractivity contribution in [2.45, 2.75) is 12.8 Å². The van der Waals surface area contributed by atoms with Gasteiger partial charge in [-0.1, -0.05) is 29.8 Å². The van der Waals surface area contributed by atoms with Crippen LogP contribution in [0.3, 0.4) is 0 Å². The molecule has 26 heavy (non-hydrogen) atoms. The Bertz CT molecular complexity index is 741. The number of nitrogens with one attached hydrogen (secondary N) is 1. The normalized spacial score (nSPS) is 14.7. The number of hydrogen-bond donors (Lipinski definition) is 1. The van der Waals surface area contributed by atoms with Gasteiger partial charge in [-0.3, -0.25) is 9.59 Å². The van der Waals surface area contributed by atoms with Crippen LogP contribution in [0.4, 0.5) is 5.69 Å². The van der Waals surface area contributed by atoms with Crippen LogP contribution in [0.2, 0.25) is 5.02 Å². The number of rotatable bonds is 5. The van der Waals surface area contributed by atoms with Crippen LogP contribution in [0, 0.1) is 5.92 Å². The molecular formula is C20H21ClN2O3. The van der Waals surface area contributed by atoms with E-state index in [4.69, 9.17) is 16.3 Å². The summed E-state index contributed by atoms with van der Waals surface area (Å²) in [6, 6.07) is 16.3. The lowest BCUT2D eigenvalue weighted by atomic mass is 9.95. The first-order valence-electron chi connectivity index (χ1n) is 8.64. The molecule has 1 saturated heterocycles. The second-order valence-electron chi connectivity index (χ2n) is 6.25. The van der Waals surface area contributed by atoms with Crippen LogP contribution in [0.25, 0.3) is 0 Å². The number of amides is 2. The lowest BCUT2D eigenvalue weighted by molar-refractivity contribution is -0.136. The van der Waals surface area contributed by atoms with Gasteiger partial charge in [0.1, 0.15) is 5.75 Å². The number of hydrogen-bond acceptors (Lipinski definition) is 3. The number of nitrogens with zero attached hydrogens (tertiary/aromatic N) is 1. The molecule has 1 aliphatic rings. The fourth-order valence-corrected chi connectivity index (χ4v) is 3.05. The van der Waals surface area contributed by atoms with Crippen LogP contribution < -0.4 is 10.1 Å². The molecule has 0 saturated carbocycles. The maximum atomic E-state index is 12.4. The van der Waals surface area contributed by atoms with Crippen molar-refractivity contribution in [1.82, 2.24) is 4.90 Å². The number of ether oxygens (including phenoxy) is 1. The third-order valence-corrected chi connectivity index (χ3v) is 4.69. The summed E-state index contributed by atoms with van der Waals surface area (Å²) in [7, 11) is 0. The summed E-state index contributed by atoms with van der Waals surface area (Å²) in [5.41, 5.74) is 0.731. The highest BCUT2D eigenvalue weighted by Gasteiger charge is 2.27. The molecule has 1 heterocycles. The Morgan fingerprint density at radius 2 is 1.69 bits per heavy atom. The summed E-state index contributed by atoms with van der Waals surface area (Å²) in [6.07, 6.45) is 1.30. The van der Waals surface area contributed by atoms with Gasteiger partial charge >= 0.3 is 0 Å². The molecule has 0 bridgehead atoms. The third kappa shape index (κ3) is 4.99. The van der Waals surface area contributed by atoms with E-state index in [0.717, 1.165) is 5.69 Å². The van der Waals surface area contributed by atoms with Crippen LogP contribution in [0.1, 0.15) is 12.8 Å². The molecule has 2 aromatic rings. The van der Waals surface area contributed by atoms with Gasteiger partial charge in [-0.2, -0.15) is 0 Å². The number of halogens is 1. The van der Waals surface area contributed by atoms with Gasteiger partial charge in [-0.15, -0.1) is 0 Å². The van der Waals surface area contributed by atoms with Crippen LogP contribution >= 0.6 is 11.6 Å². The molecule has 6 heteroatoms. The van der Waals surface area contributed by atoms with Crippen molar-refractivity contribution in [3.63, 3.8) is 0 Å². The number of anilines is 1. The Morgan fingerprint density at radius 1 is 1.04 bits per heavy atom. The summed E-state index contributed by atoms with van der Waals surface area (Å²) in [4.78, 5) is 26.4. The van der Waals surface area contributed by atoms with E-state index in [1.54, 1.807) is 29.2 Å². The minimum atomic E-state index is -0.0928. The quantitative estimate of drug-likeness (QED) is 0.872. The van der Waals surface area contributed by atoms with Crippen LogP contribution in [-0.2, 0) is 9.59 Å². The molecule has 0 radical (unpaired) electrons. The van der Waals surface area contributed by atoms with Gasteiger partial charge in [0.25, 0.3) is 5.91 Å². The summed E-state index contributed by atoms with van der Waals surface area (Å²) in [5.74, 6) is 0.521. The van der Waals surface area contributed by atoms with Gasteiger partial charge in [-0.05, 0) is 49.2 Å². The molecular weight excluding hydrogens is 352 g/mol. The minimum absolute atomic E-state index is 0.0139. The highest BCUT2D eigenvalue weighted by atomic mass is 35.5. The molecule has 0 aliphatic carbocycles. The lowest BCUT2D eigenvalue weighted by Crippen LogP contribution is -2.43. The van der Waals surface area contributed by atoms with E-state index in [0.29, 0.717) is 36.7 Å². The van der Waals surface area contributed by atoms with Gasteiger partial charge < -0.3 is 15.0 Å². The maximum Gasteiger partial charge on any atom is 0.260 e. The molecule has 1 N–H and O–H groups in total. The third-order valence-electron chi connectivity index (χ3n) is 4.44. The van der Waals surface area contributed by atoms with Crippen molar-refractivity contribution in [1.29, 1.82) is 0 Å². The first kappa shape index (κ1) is 18.3. The Morgan fingerprint density at radius 3 is 2.35 bits per heavy atom. The van der Waals surface area contributed by atoms with Crippen molar-refractivity contribution < 1.29 is 14.3 Å². The maximum absolute atomic E-state index is 12.4. The molecule has 0 unspecified atom stereocenters. The Kier molecular flexibility index (Phi) is 6.12. The molecule has 2 amide bonds. The Balaban J connectivity index is 1.43. The van der Waals surface area contributed by atoms with E-state index in [2.05, 4.69) is 5.32 Å². The van der Waals surface area contributed by atoms with Crippen molar-refractivity contribution >= 4 is 29.1 Å². The zero-order chi connectivity index (χ0) is 18.4. The highest BCUT2D eigenvalue weighted by molar-refractivity contribution is 6.30. The minimum Gasteiger partial charge on any atom is -0.484 e. The smallest absolute Gasteiger partial charge is 0.260 e. The summed E-state index contributed by atoms with van der Waals surface area (Å²) in [5, 5.41) is 3.54. The average molecular weight is 373 g/mol. The van der Waals surface area contributed by atoms with E-state index in [9.17, 15) is 9.59 Å². The number of piperidine rings is 1. The highest BCUT2D eigenvalue weighted by Crippen LogP contribution is 2.21. The van der Waals surface area contributed by atoms with Gasteiger partial charge in [0.2, 0.25) is 5.91 Å². The van der Waals surface area contributed by atoms with Crippen molar-refractivity contribution in [2.24, 2.45) is 5.92 Å². The van der Waals surface area contributed by atoms with Crippen molar-refractivity contribution in [3.8, 4) is 5.75 Å². The first-order chi connectivity index (χ1) is 12.6. The standard InChI is InChI=1S/C20H21ClN2O3/c21-16-6-8-17(9-7-16)22-20(25)15-10-12-23(13-11-15)19(24)14-26-18-4-2-1-3-5-18/h1-9,15H,10-14H2,(H,22,25). The number of carbonyl (C=O) groups is 2. The van der Waals surface area contributed by atoms with Crippen LogP contribution in [-0.4, -0.2) is 36.4 Å². The van der Waals surface area contributed by atoms with Gasteiger partial charge in [0.05, 0.1) is 0 Å². The summed E-state index contributed by atoms with van der Waals surface area (Å²) < 4.78 is 5.50. The van der Waals surface area contributed by atoms with E-state index >= 15 is 0 Å². The van der Waals surface area contributed by atoms with E-state index < -0.39 is 0 Å². The monoisotopic (exact) mass is 372 g/mol. The molecule has 0 atom stereocenters.